The second-order valence-electron chi connectivity index (χ2n) is 6.84. The Kier molecular flexibility index (Phi) is 5.72. The van der Waals surface area contributed by atoms with E-state index in [-0.39, 0.29) is 5.69 Å². The summed E-state index contributed by atoms with van der Waals surface area (Å²) in [6.07, 6.45) is 3.82. The summed E-state index contributed by atoms with van der Waals surface area (Å²) >= 11 is 0. The first-order valence-electron chi connectivity index (χ1n) is 9.42. The molecule has 0 spiro atoms. The highest BCUT2D eigenvalue weighted by molar-refractivity contribution is 5.76. The number of nitrogens with one attached hydrogen (secondary N) is 3. The molecule has 1 saturated heterocycles. The van der Waals surface area contributed by atoms with Gasteiger partial charge in [-0.2, -0.15) is 10.4 Å². The van der Waals surface area contributed by atoms with Crippen LogP contribution in [0.25, 0.3) is 11.3 Å². The van der Waals surface area contributed by atoms with E-state index in [1.54, 1.807) is 6.07 Å². The quantitative estimate of drug-likeness (QED) is 0.545. The van der Waals surface area contributed by atoms with Crippen LogP contribution in [-0.4, -0.2) is 47.0 Å². The molecule has 1 aromatic carbocycles. The van der Waals surface area contributed by atoms with Gasteiger partial charge in [0.05, 0.1) is 37.4 Å². The van der Waals surface area contributed by atoms with Gasteiger partial charge in [-0.05, 0) is 13.0 Å². The van der Waals surface area contributed by atoms with E-state index in [9.17, 15) is 4.39 Å². The van der Waals surface area contributed by atoms with E-state index in [2.05, 4.69) is 30.8 Å². The number of anilines is 2. The molecule has 30 heavy (non-hydrogen) atoms. The molecule has 1 atom stereocenters. The van der Waals surface area contributed by atoms with Gasteiger partial charge in [-0.15, -0.1) is 0 Å². The molecule has 1 aliphatic heterocycles. The molecule has 10 heteroatoms. The third-order valence-corrected chi connectivity index (χ3v) is 4.76. The number of hydrogen-bond donors (Lipinski definition) is 3. The largest absolute Gasteiger partial charge is 0.496 e. The predicted molar refractivity (Wildman–Crippen MR) is 107 cm³/mol. The Balaban J connectivity index is 1.59. The minimum absolute atomic E-state index is 0.221. The Labute approximate surface area is 172 Å². The summed E-state index contributed by atoms with van der Waals surface area (Å²) in [5, 5.41) is 22.2. The number of methoxy groups -OCH3 is 1. The monoisotopic (exact) mass is 409 g/mol. The molecule has 0 amide bonds. The Bertz CT molecular complexity index is 1060. The van der Waals surface area contributed by atoms with E-state index in [0.29, 0.717) is 46.9 Å². The van der Waals surface area contributed by atoms with Crippen LogP contribution in [0.15, 0.2) is 30.6 Å². The zero-order valence-electron chi connectivity index (χ0n) is 16.3. The normalized spacial score (nSPS) is 15.6. The minimum atomic E-state index is -0.444. The van der Waals surface area contributed by atoms with Crippen molar-refractivity contribution in [2.75, 3.05) is 32.1 Å². The van der Waals surface area contributed by atoms with E-state index >= 15 is 0 Å². The molecule has 4 rings (SSSR count). The highest BCUT2D eigenvalue weighted by Gasteiger charge is 2.21. The second kappa shape index (κ2) is 8.75. The zero-order valence-corrected chi connectivity index (χ0v) is 16.3. The van der Waals surface area contributed by atoms with Crippen molar-refractivity contribution in [3.8, 4) is 28.8 Å². The number of rotatable bonds is 7. The van der Waals surface area contributed by atoms with Crippen LogP contribution in [0.1, 0.15) is 12.1 Å². The summed E-state index contributed by atoms with van der Waals surface area (Å²) in [5.74, 6) is 1.56. The Morgan fingerprint density at radius 1 is 1.23 bits per heavy atom. The first-order chi connectivity index (χ1) is 14.7. The summed E-state index contributed by atoms with van der Waals surface area (Å²) in [4.78, 5) is 8.07. The molecule has 3 N–H and O–H groups in total. The average Bonchev–Trinajstić information content (AvgIpc) is 3.44. The molecule has 2 aromatic heterocycles. The number of H-pyrrole nitrogens is 1. The molecule has 1 unspecified atom stereocenters. The number of ether oxygens (including phenoxy) is 2. The van der Waals surface area contributed by atoms with Crippen LogP contribution in [0.2, 0.25) is 0 Å². The standard InChI is InChI=1S/C20H20FN7O2/c1-29-16-4-13(21)5-17(30-11-12-2-3-23-8-12)20(16)15-6-18(28-27-15)26-19-10-24-14(7-22)9-25-19/h4-6,9-10,12,23H,2-3,8,11H2,1H3,(H2,25,26,27,28). The summed E-state index contributed by atoms with van der Waals surface area (Å²) in [6, 6.07) is 6.30. The fourth-order valence-corrected chi connectivity index (χ4v) is 3.26. The molecule has 0 saturated carbocycles. The van der Waals surface area contributed by atoms with E-state index < -0.39 is 5.82 Å². The third-order valence-electron chi connectivity index (χ3n) is 4.76. The van der Waals surface area contributed by atoms with Gasteiger partial charge in [0.25, 0.3) is 0 Å². The molecule has 3 heterocycles. The minimum Gasteiger partial charge on any atom is -0.496 e. The number of halogens is 1. The molecule has 9 nitrogen and oxygen atoms in total. The third kappa shape index (κ3) is 4.31. The first-order valence-corrected chi connectivity index (χ1v) is 9.42. The van der Waals surface area contributed by atoms with Crippen LogP contribution >= 0.6 is 0 Å². The second-order valence-corrected chi connectivity index (χ2v) is 6.84. The van der Waals surface area contributed by atoms with Gasteiger partial charge in [0.1, 0.15) is 29.2 Å². The Morgan fingerprint density at radius 3 is 2.80 bits per heavy atom. The molecular weight excluding hydrogens is 389 g/mol. The van der Waals surface area contributed by atoms with Crippen molar-refractivity contribution in [1.82, 2.24) is 25.5 Å². The number of hydrogen-bond acceptors (Lipinski definition) is 8. The number of nitrogens with zero attached hydrogens (tertiary/aromatic N) is 4. The smallest absolute Gasteiger partial charge is 0.158 e. The van der Waals surface area contributed by atoms with Crippen LogP contribution in [0.4, 0.5) is 16.0 Å². The van der Waals surface area contributed by atoms with Gasteiger partial charge in [0, 0.05) is 30.7 Å². The summed E-state index contributed by atoms with van der Waals surface area (Å²) in [7, 11) is 1.48. The van der Waals surface area contributed by atoms with Crippen molar-refractivity contribution in [2.45, 2.75) is 6.42 Å². The lowest BCUT2D eigenvalue weighted by Crippen LogP contribution is -2.16. The summed E-state index contributed by atoms with van der Waals surface area (Å²) in [5.41, 5.74) is 1.39. The number of nitriles is 1. The fraction of sp³-hybridized carbons (Fsp3) is 0.300. The van der Waals surface area contributed by atoms with Crippen LogP contribution in [0.3, 0.4) is 0 Å². The number of aromatic nitrogens is 4. The molecule has 0 aliphatic carbocycles. The van der Waals surface area contributed by atoms with Crippen molar-refractivity contribution >= 4 is 11.6 Å². The Morgan fingerprint density at radius 2 is 2.10 bits per heavy atom. The van der Waals surface area contributed by atoms with Crippen LogP contribution in [0.5, 0.6) is 11.5 Å². The van der Waals surface area contributed by atoms with E-state index in [1.807, 2.05) is 6.07 Å². The van der Waals surface area contributed by atoms with Gasteiger partial charge in [0.15, 0.2) is 11.5 Å². The summed E-state index contributed by atoms with van der Waals surface area (Å²) in [6.45, 7) is 2.32. The van der Waals surface area contributed by atoms with Gasteiger partial charge in [-0.25, -0.2) is 14.4 Å². The van der Waals surface area contributed by atoms with Crippen molar-refractivity contribution in [3.63, 3.8) is 0 Å². The highest BCUT2D eigenvalue weighted by Crippen LogP contribution is 2.39. The van der Waals surface area contributed by atoms with E-state index in [4.69, 9.17) is 14.7 Å². The molecule has 154 valence electrons. The molecule has 0 bridgehead atoms. The lowest BCUT2D eigenvalue weighted by Gasteiger charge is -2.16. The van der Waals surface area contributed by atoms with E-state index in [0.717, 1.165) is 19.5 Å². The van der Waals surface area contributed by atoms with Gasteiger partial charge >= 0.3 is 0 Å². The van der Waals surface area contributed by atoms with Crippen molar-refractivity contribution < 1.29 is 13.9 Å². The van der Waals surface area contributed by atoms with Crippen molar-refractivity contribution in [1.29, 1.82) is 5.26 Å². The van der Waals surface area contributed by atoms with Crippen LogP contribution < -0.4 is 20.1 Å². The highest BCUT2D eigenvalue weighted by atomic mass is 19.1. The van der Waals surface area contributed by atoms with Gasteiger partial charge < -0.3 is 20.1 Å². The number of benzene rings is 1. The average molecular weight is 409 g/mol. The number of aromatic amines is 1. The zero-order chi connectivity index (χ0) is 20.9. The van der Waals surface area contributed by atoms with Gasteiger partial charge in [-0.1, -0.05) is 0 Å². The maximum absolute atomic E-state index is 14.1. The Hall–Kier alpha value is -3.71. The molecule has 0 radical (unpaired) electrons. The summed E-state index contributed by atoms with van der Waals surface area (Å²) < 4.78 is 25.5. The van der Waals surface area contributed by atoms with Crippen LogP contribution in [-0.2, 0) is 0 Å². The lowest BCUT2D eigenvalue weighted by atomic mass is 10.1. The molecular formula is C20H20FN7O2. The topological polar surface area (TPSA) is 121 Å². The van der Waals surface area contributed by atoms with Crippen molar-refractivity contribution in [3.05, 3.63) is 42.1 Å². The van der Waals surface area contributed by atoms with Gasteiger partial charge in [-0.3, -0.25) is 5.10 Å². The van der Waals surface area contributed by atoms with E-state index in [1.165, 1.54) is 31.6 Å². The fourth-order valence-electron chi connectivity index (χ4n) is 3.26. The van der Waals surface area contributed by atoms with Gasteiger partial charge in [0.2, 0.25) is 0 Å². The SMILES string of the molecule is COc1cc(F)cc(OCC2CCNC2)c1-c1cc(Nc2cnc(C#N)cn2)n[nH]1. The predicted octanol–water partition coefficient (Wildman–Crippen LogP) is 2.62. The lowest BCUT2D eigenvalue weighted by molar-refractivity contribution is 0.259. The van der Waals surface area contributed by atoms with Crippen LogP contribution in [0, 0.1) is 23.1 Å². The molecule has 1 aliphatic rings. The maximum Gasteiger partial charge on any atom is 0.158 e. The molecule has 1 fully saturated rings. The maximum atomic E-state index is 14.1. The molecule has 3 aromatic rings. The van der Waals surface area contributed by atoms with Crippen molar-refractivity contribution in [2.24, 2.45) is 5.92 Å². The first kappa shape index (κ1) is 19.6.